The first kappa shape index (κ1) is 21.3. The minimum absolute atomic E-state index is 0.0994. The average Bonchev–Trinajstić information content (AvgIpc) is 3.13. The molecule has 1 saturated carbocycles. The third-order valence-electron chi connectivity index (χ3n) is 6.24. The molecule has 164 valence electrons. The largest absolute Gasteiger partial charge is 0.486 e. The molecule has 2 fully saturated rings. The molecule has 5 atom stereocenters. The number of benzene rings is 1. The highest BCUT2D eigenvalue weighted by Crippen LogP contribution is 2.46. The maximum absolute atomic E-state index is 13.9. The van der Waals surface area contributed by atoms with E-state index in [2.05, 4.69) is 17.2 Å². The number of carbonyl (C=O) groups is 2. The molecule has 2 aliphatic heterocycles. The molecule has 3 aliphatic rings. The monoisotopic (exact) mass is 426 g/mol. The Morgan fingerprint density at radius 3 is 2.61 bits per heavy atom. The Morgan fingerprint density at radius 1 is 1.23 bits per heavy atom. The molecular formula is C24H27FN2O4. The van der Waals surface area contributed by atoms with Crippen molar-refractivity contribution in [3.63, 3.8) is 0 Å². The summed E-state index contributed by atoms with van der Waals surface area (Å²) < 4.78 is 25.1. The molecule has 31 heavy (non-hydrogen) atoms. The van der Waals surface area contributed by atoms with E-state index in [1.807, 2.05) is 25.2 Å². The van der Waals surface area contributed by atoms with Gasteiger partial charge in [0.15, 0.2) is 0 Å². The van der Waals surface area contributed by atoms with Gasteiger partial charge in [-0.05, 0) is 24.6 Å². The predicted molar refractivity (Wildman–Crippen MR) is 115 cm³/mol. The number of rotatable bonds is 7. The number of ether oxygens (including phenoxy) is 2. The molecular weight excluding hydrogens is 399 g/mol. The molecule has 0 unspecified atom stereocenters. The number of halogens is 1. The van der Waals surface area contributed by atoms with Crippen LogP contribution in [0, 0.1) is 11.8 Å². The average molecular weight is 426 g/mol. The normalized spacial score (nSPS) is 28.3. The maximum Gasteiger partial charge on any atom is 0.254 e. The van der Waals surface area contributed by atoms with Gasteiger partial charge in [-0.25, -0.2) is 4.39 Å². The molecule has 2 heterocycles. The fraction of sp³-hybridized carbons (Fsp3) is 0.417. The first-order valence-electron chi connectivity index (χ1n) is 10.5. The van der Waals surface area contributed by atoms with E-state index < -0.39 is 24.6 Å². The lowest BCUT2D eigenvalue weighted by atomic mass is 9.86. The van der Waals surface area contributed by atoms with Gasteiger partial charge in [-0.3, -0.25) is 9.59 Å². The number of nitrogens with one attached hydrogen (secondary N) is 2. The number of carbonyl (C=O) groups excluding carboxylic acids is 2. The van der Waals surface area contributed by atoms with Crippen LogP contribution in [0.4, 0.5) is 4.39 Å². The van der Waals surface area contributed by atoms with Gasteiger partial charge in [0.25, 0.3) is 11.8 Å². The van der Waals surface area contributed by atoms with Gasteiger partial charge in [0.2, 0.25) is 0 Å². The second-order valence-corrected chi connectivity index (χ2v) is 8.13. The van der Waals surface area contributed by atoms with Crippen molar-refractivity contribution in [1.82, 2.24) is 10.6 Å². The Kier molecular flexibility index (Phi) is 5.96. The van der Waals surface area contributed by atoms with Gasteiger partial charge >= 0.3 is 0 Å². The Labute approximate surface area is 181 Å². The van der Waals surface area contributed by atoms with Crippen molar-refractivity contribution >= 4 is 11.8 Å². The van der Waals surface area contributed by atoms with Crippen molar-refractivity contribution in [2.45, 2.75) is 25.0 Å². The van der Waals surface area contributed by atoms with Crippen LogP contribution in [-0.4, -0.2) is 50.9 Å². The van der Waals surface area contributed by atoms with Crippen molar-refractivity contribution in [2.24, 2.45) is 11.8 Å². The first-order valence-corrected chi connectivity index (χ1v) is 10.5. The van der Waals surface area contributed by atoms with Crippen LogP contribution in [0.15, 0.2) is 48.6 Å². The summed E-state index contributed by atoms with van der Waals surface area (Å²) >= 11 is 0. The fourth-order valence-corrected chi connectivity index (χ4v) is 4.51. The van der Waals surface area contributed by atoms with Crippen LogP contribution in [0.2, 0.25) is 0 Å². The van der Waals surface area contributed by atoms with E-state index >= 15 is 0 Å². The summed E-state index contributed by atoms with van der Waals surface area (Å²) in [5.74, 6) is -0.117. The van der Waals surface area contributed by atoms with Crippen molar-refractivity contribution in [3.05, 3.63) is 65.3 Å². The molecule has 1 aromatic rings. The Balaban J connectivity index is 1.69. The number of hydrogen-bond donors (Lipinski definition) is 2. The molecule has 2 amide bonds. The lowest BCUT2D eigenvalue weighted by molar-refractivity contribution is 0.0929. The minimum atomic E-state index is -0.806. The lowest BCUT2D eigenvalue weighted by Gasteiger charge is -2.16. The summed E-state index contributed by atoms with van der Waals surface area (Å²) in [6.45, 7) is 6.57. The maximum atomic E-state index is 13.9. The molecule has 1 saturated heterocycles. The van der Waals surface area contributed by atoms with Crippen molar-refractivity contribution < 1.29 is 23.5 Å². The molecule has 7 heteroatoms. The lowest BCUT2D eigenvalue weighted by Crippen LogP contribution is -2.30. The van der Waals surface area contributed by atoms with Crippen LogP contribution in [-0.2, 0) is 4.74 Å². The van der Waals surface area contributed by atoms with Gasteiger partial charge in [-0.1, -0.05) is 30.9 Å². The highest BCUT2D eigenvalue weighted by atomic mass is 19.1. The zero-order chi connectivity index (χ0) is 22.1. The fourth-order valence-electron chi connectivity index (χ4n) is 4.51. The summed E-state index contributed by atoms with van der Waals surface area (Å²) in [4.78, 5) is 25.5. The highest BCUT2D eigenvalue weighted by Gasteiger charge is 2.54. The van der Waals surface area contributed by atoms with Gasteiger partial charge in [0, 0.05) is 36.1 Å². The zero-order valence-corrected chi connectivity index (χ0v) is 17.7. The van der Waals surface area contributed by atoms with Crippen molar-refractivity contribution in [2.75, 3.05) is 26.9 Å². The van der Waals surface area contributed by atoms with E-state index in [0.717, 1.165) is 0 Å². The number of amides is 2. The first-order chi connectivity index (χ1) is 15.0. The molecule has 0 bridgehead atoms. The molecule has 4 rings (SSSR count). The summed E-state index contributed by atoms with van der Waals surface area (Å²) in [7, 11) is 1.50. The number of allylic oxidation sites excluding steroid dienone is 4. The number of alkyl halides is 1. The highest BCUT2D eigenvalue weighted by molar-refractivity contribution is 6.02. The van der Waals surface area contributed by atoms with Gasteiger partial charge in [0.05, 0.1) is 24.7 Å². The molecule has 1 aromatic carbocycles. The van der Waals surface area contributed by atoms with Crippen LogP contribution in [0.3, 0.4) is 0 Å². The van der Waals surface area contributed by atoms with Crippen LogP contribution in [0.1, 0.15) is 39.1 Å². The van der Waals surface area contributed by atoms with Crippen molar-refractivity contribution in [1.29, 1.82) is 0 Å². The second kappa shape index (κ2) is 8.67. The smallest absolute Gasteiger partial charge is 0.254 e. The van der Waals surface area contributed by atoms with Gasteiger partial charge < -0.3 is 20.1 Å². The van der Waals surface area contributed by atoms with E-state index in [1.54, 1.807) is 12.1 Å². The molecule has 1 aliphatic carbocycles. The Morgan fingerprint density at radius 2 is 1.97 bits per heavy atom. The molecule has 0 spiro atoms. The molecule has 0 radical (unpaired) electrons. The SMILES string of the molecule is C=C(/C=C\C=C/C)[C@@H]1c2cc(C(=O)N[C@H]3[C@@H]4COC[C@@H]43)cc(C(=O)NC)c2O[C@@H]1CF. The van der Waals surface area contributed by atoms with Gasteiger partial charge in [-0.2, -0.15) is 0 Å². The third-order valence-corrected chi connectivity index (χ3v) is 6.24. The number of hydrogen-bond acceptors (Lipinski definition) is 4. The van der Waals surface area contributed by atoms with Gasteiger partial charge in [0.1, 0.15) is 18.5 Å². The molecule has 0 aromatic heterocycles. The van der Waals surface area contributed by atoms with Crippen LogP contribution >= 0.6 is 0 Å². The van der Waals surface area contributed by atoms with E-state index in [9.17, 15) is 14.0 Å². The Bertz CT molecular complexity index is 961. The summed E-state index contributed by atoms with van der Waals surface area (Å²) in [6.07, 6.45) is 6.53. The molecule has 2 N–H and O–H groups in total. The van der Waals surface area contributed by atoms with E-state index in [1.165, 1.54) is 13.1 Å². The van der Waals surface area contributed by atoms with Crippen LogP contribution in [0.25, 0.3) is 0 Å². The van der Waals surface area contributed by atoms with E-state index in [4.69, 9.17) is 9.47 Å². The summed E-state index contributed by atoms with van der Waals surface area (Å²) in [6, 6.07) is 3.31. The Hall–Kier alpha value is -2.93. The van der Waals surface area contributed by atoms with Crippen LogP contribution in [0.5, 0.6) is 5.75 Å². The zero-order valence-electron chi connectivity index (χ0n) is 17.7. The quantitative estimate of drug-likeness (QED) is 0.658. The van der Waals surface area contributed by atoms with Gasteiger partial charge in [-0.15, -0.1) is 0 Å². The van der Waals surface area contributed by atoms with E-state index in [-0.39, 0.29) is 17.5 Å². The number of fused-ring (bicyclic) bond motifs is 2. The predicted octanol–water partition coefficient (Wildman–Crippen LogP) is 2.92. The minimum Gasteiger partial charge on any atom is -0.486 e. The van der Waals surface area contributed by atoms with E-state index in [0.29, 0.717) is 47.5 Å². The summed E-state index contributed by atoms with van der Waals surface area (Å²) in [5, 5.41) is 5.62. The molecule has 6 nitrogen and oxygen atoms in total. The topological polar surface area (TPSA) is 76.7 Å². The standard InChI is InChI=1S/C24H27FN2O4/c1-4-5-6-7-13(2)20-15-8-14(23(28)27-21-17-11-30-12-18(17)21)9-16(24(29)26-3)22(15)31-19(20)10-25/h4-9,17-21H,2,10-12H2,1,3H3,(H,26,29)(H,27,28)/b5-4-,7-6-/t17-,18+,19-,20-,21+/m1/s1. The third kappa shape index (κ3) is 3.90. The summed E-state index contributed by atoms with van der Waals surface area (Å²) in [5.41, 5.74) is 1.81. The van der Waals surface area contributed by atoms with Crippen LogP contribution < -0.4 is 15.4 Å². The van der Waals surface area contributed by atoms with Crippen molar-refractivity contribution in [3.8, 4) is 5.75 Å². The second-order valence-electron chi connectivity index (χ2n) is 8.13.